The summed E-state index contributed by atoms with van der Waals surface area (Å²) in [5, 5.41) is 9.92. The standard InChI is InChI=1S/C24H25FN4S/c25-21-13-10-19(11-14-21)12-15-23-27-28-24(30-18-20-6-2-1-3-7-20)29(23)17-5-9-22-8-4-16-26-22/h1-3,6-8,10-11,13-14,16H,4-5,9,12,15,17-18H2. The monoisotopic (exact) mass is 420 g/mol. The third-order valence-corrected chi connectivity index (χ3v) is 6.12. The molecule has 6 heteroatoms. The summed E-state index contributed by atoms with van der Waals surface area (Å²) in [6.07, 6.45) is 8.67. The number of aromatic nitrogens is 3. The SMILES string of the molecule is Fc1ccc(CCc2nnc(SCc3ccccc3)n2CCCC2=CCC=N2)cc1. The van der Waals surface area contributed by atoms with E-state index in [2.05, 4.69) is 50.1 Å². The highest BCUT2D eigenvalue weighted by atomic mass is 32.2. The number of aliphatic imine (C=N–C) groups is 1. The molecule has 0 unspecified atom stereocenters. The van der Waals surface area contributed by atoms with Gasteiger partial charge in [0.25, 0.3) is 0 Å². The first-order valence-electron chi connectivity index (χ1n) is 10.3. The zero-order valence-corrected chi connectivity index (χ0v) is 17.7. The van der Waals surface area contributed by atoms with E-state index in [1.165, 1.54) is 23.4 Å². The third kappa shape index (κ3) is 5.66. The topological polar surface area (TPSA) is 43.1 Å². The minimum Gasteiger partial charge on any atom is -0.306 e. The molecule has 1 aromatic heterocycles. The second kappa shape index (κ2) is 10.3. The van der Waals surface area contributed by atoms with Gasteiger partial charge in [-0.05, 0) is 42.5 Å². The Bertz CT molecular complexity index is 1010. The Kier molecular flexibility index (Phi) is 7.08. The zero-order chi connectivity index (χ0) is 20.6. The molecule has 0 N–H and O–H groups in total. The van der Waals surface area contributed by atoms with Crippen molar-refractivity contribution in [2.45, 2.75) is 49.6 Å². The molecule has 1 aliphatic rings. The molecule has 1 aliphatic heterocycles. The Balaban J connectivity index is 1.43. The highest BCUT2D eigenvalue weighted by Gasteiger charge is 2.13. The number of nitrogens with zero attached hydrogens (tertiary/aromatic N) is 4. The molecule has 0 aliphatic carbocycles. The molecule has 0 saturated carbocycles. The fourth-order valence-electron chi connectivity index (χ4n) is 3.46. The predicted octanol–water partition coefficient (Wildman–Crippen LogP) is 5.63. The van der Waals surface area contributed by atoms with E-state index in [4.69, 9.17) is 0 Å². The van der Waals surface area contributed by atoms with Gasteiger partial charge in [0.15, 0.2) is 5.16 Å². The highest BCUT2D eigenvalue weighted by Crippen LogP contribution is 2.24. The largest absolute Gasteiger partial charge is 0.306 e. The second-order valence-corrected chi connectivity index (χ2v) is 8.24. The summed E-state index contributed by atoms with van der Waals surface area (Å²) in [5.41, 5.74) is 3.56. The molecule has 0 atom stereocenters. The smallest absolute Gasteiger partial charge is 0.191 e. The summed E-state index contributed by atoms with van der Waals surface area (Å²) in [6.45, 7) is 0.871. The van der Waals surface area contributed by atoms with Crippen molar-refractivity contribution < 1.29 is 4.39 Å². The van der Waals surface area contributed by atoms with Gasteiger partial charge in [0.1, 0.15) is 11.6 Å². The molecule has 4 nitrogen and oxygen atoms in total. The van der Waals surface area contributed by atoms with Crippen LogP contribution in [-0.2, 0) is 25.1 Å². The average Bonchev–Trinajstić information content (AvgIpc) is 3.43. The summed E-state index contributed by atoms with van der Waals surface area (Å²) < 4.78 is 15.4. The molecular formula is C24H25FN4S. The van der Waals surface area contributed by atoms with Crippen LogP contribution in [0.3, 0.4) is 0 Å². The van der Waals surface area contributed by atoms with E-state index in [9.17, 15) is 4.39 Å². The van der Waals surface area contributed by atoms with Crippen molar-refractivity contribution in [1.29, 1.82) is 0 Å². The van der Waals surface area contributed by atoms with Crippen LogP contribution in [0, 0.1) is 5.82 Å². The van der Waals surface area contributed by atoms with Crippen LogP contribution in [0.5, 0.6) is 0 Å². The number of benzene rings is 2. The Morgan fingerprint density at radius 2 is 1.73 bits per heavy atom. The number of allylic oxidation sites excluding steroid dienone is 2. The molecule has 154 valence electrons. The number of hydrogen-bond acceptors (Lipinski definition) is 4. The van der Waals surface area contributed by atoms with Gasteiger partial charge in [0.2, 0.25) is 0 Å². The molecule has 4 rings (SSSR count). The fraction of sp³-hybridized carbons (Fsp3) is 0.292. The van der Waals surface area contributed by atoms with Gasteiger partial charge in [-0.3, -0.25) is 4.99 Å². The number of rotatable bonds is 10. The summed E-state index contributed by atoms with van der Waals surface area (Å²) in [4.78, 5) is 4.42. The molecular weight excluding hydrogens is 395 g/mol. The molecule has 30 heavy (non-hydrogen) atoms. The molecule has 0 fully saturated rings. The van der Waals surface area contributed by atoms with E-state index >= 15 is 0 Å². The number of hydrogen-bond donors (Lipinski definition) is 0. The molecule has 0 spiro atoms. The van der Waals surface area contributed by atoms with E-state index in [1.807, 2.05) is 24.4 Å². The predicted molar refractivity (Wildman–Crippen MR) is 120 cm³/mol. The van der Waals surface area contributed by atoms with E-state index in [0.29, 0.717) is 0 Å². The van der Waals surface area contributed by atoms with Gasteiger partial charge in [-0.15, -0.1) is 10.2 Å². The lowest BCUT2D eigenvalue weighted by atomic mass is 10.1. The summed E-state index contributed by atoms with van der Waals surface area (Å²) >= 11 is 1.72. The molecule has 0 saturated heterocycles. The first-order chi connectivity index (χ1) is 14.8. The van der Waals surface area contributed by atoms with Crippen molar-refractivity contribution >= 4 is 18.0 Å². The lowest BCUT2D eigenvalue weighted by Crippen LogP contribution is -2.07. The van der Waals surface area contributed by atoms with Gasteiger partial charge in [0, 0.05) is 37.1 Å². The van der Waals surface area contributed by atoms with E-state index in [1.54, 1.807) is 11.8 Å². The second-order valence-electron chi connectivity index (χ2n) is 7.30. The van der Waals surface area contributed by atoms with Crippen LogP contribution in [0.4, 0.5) is 4.39 Å². The van der Waals surface area contributed by atoms with Gasteiger partial charge in [-0.1, -0.05) is 60.3 Å². The number of aryl methyl sites for hydroxylation is 2. The van der Waals surface area contributed by atoms with Crippen LogP contribution in [0.1, 0.15) is 36.2 Å². The average molecular weight is 421 g/mol. The van der Waals surface area contributed by atoms with Crippen LogP contribution in [0.2, 0.25) is 0 Å². The number of thioether (sulfide) groups is 1. The van der Waals surface area contributed by atoms with Crippen molar-refractivity contribution in [3.63, 3.8) is 0 Å². The van der Waals surface area contributed by atoms with Crippen LogP contribution < -0.4 is 0 Å². The normalized spacial score (nSPS) is 13.0. The minimum absolute atomic E-state index is 0.203. The number of halogens is 1. The maximum absolute atomic E-state index is 13.2. The van der Waals surface area contributed by atoms with Crippen molar-refractivity contribution in [2.24, 2.45) is 4.99 Å². The van der Waals surface area contributed by atoms with Crippen molar-refractivity contribution in [2.75, 3.05) is 0 Å². The molecule has 0 amide bonds. The van der Waals surface area contributed by atoms with Gasteiger partial charge >= 0.3 is 0 Å². The molecule has 2 aromatic carbocycles. The summed E-state index contributed by atoms with van der Waals surface area (Å²) in [6, 6.07) is 17.1. The van der Waals surface area contributed by atoms with E-state index in [0.717, 1.165) is 60.9 Å². The summed E-state index contributed by atoms with van der Waals surface area (Å²) in [5.74, 6) is 1.65. The van der Waals surface area contributed by atoms with Crippen molar-refractivity contribution in [3.05, 3.63) is 89.1 Å². The van der Waals surface area contributed by atoms with E-state index < -0.39 is 0 Å². The van der Waals surface area contributed by atoms with E-state index in [-0.39, 0.29) is 5.82 Å². The van der Waals surface area contributed by atoms with Gasteiger partial charge in [0.05, 0.1) is 0 Å². The third-order valence-electron chi connectivity index (χ3n) is 5.09. The highest BCUT2D eigenvalue weighted by molar-refractivity contribution is 7.98. The lowest BCUT2D eigenvalue weighted by Gasteiger charge is -2.10. The Hall–Kier alpha value is -2.73. The fourth-order valence-corrected chi connectivity index (χ4v) is 4.40. The molecule has 2 heterocycles. The maximum Gasteiger partial charge on any atom is 0.191 e. The Labute approximate surface area is 181 Å². The van der Waals surface area contributed by atoms with Crippen molar-refractivity contribution in [3.8, 4) is 0 Å². The van der Waals surface area contributed by atoms with Crippen molar-refractivity contribution in [1.82, 2.24) is 14.8 Å². The van der Waals surface area contributed by atoms with Crippen LogP contribution in [0.15, 0.2) is 76.5 Å². The summed E-state index contributed by atoms with van der Waals surface area (Å²) in [7, 11) is 0. The zero-order valence-electron chi connectivity index (χ0n) is 16.9. The van der Waals surface area contributed by atoms with Crippen LogP contribution >= 0.6 is 11.8 Å². The van der Waals surface area contributed by atoms with Crippen LogP contribution in [0.25, 0.3) is 0 Å². The molecule has 0 bridgehead atoms. The first kappa shape index (κ1) is 20.5. The Morgan fingerprint density at radius 3 is 2.50 bits per heavy atom. The quantitative estimate of drug-likeness (QED) is 0.399. The molecule has 0 radical (unpaired) electrons. The minimum atomic E-state index is -0.203. The van der Waals surface area contributed by atoms with Crippen LogP contribution in [-0.4, -0.2) is 21.0 Å². The van der Waals surface area contributed by atoms with Gasteiger partial charge in [-0.2, -0.15) is 0 Å². The van der Waals surface area contributed by atoms with Gasteiger partial charge in [-0.25, -0.2) is 4.39 Å². The molecule has 3 aromatic rings. The first-order valence-corrected chi connectivity index (χ1v) is 11.3. The lowest BCUT2D eigenvalue weighted by molar-refractivity contribution is 0.566. The Morgan fingerprint density at radius 1 is 0.900 bits per heavy atom. The maximum atomic E-state index is 13.2. The van der Waals surface area contributed by atoms with Gasteiger partial charge < -0.3 is 4.57 Å².